The average molecular weight is 488 g/mol. The van der Waals surface area contributed by atoms with E-state index in [1.807, 2.05) is 18.2 Å². The first-order valence-corrected chi connectivity index (χ1v) is 8.99. The van der Waals surface area contributed by atoms with Crippen LogP contribution < -0.4 is 21.1 Å². The Hall–Kier alpha value is -1.81. The van der Waals surface area contributed by atoms with Crippen LogP contribution in [0.5, 0.6) is 5.75 Å². The standard InChI is InChI=1S/C18H24N4O2S.HI/c1-13(15-6-7-25-12-15)9-21-18(20-2)22-10-14-4-3-5-16(8-14)24-11-17(19)23;/h3-8,12-13H,9-11H2,1-2H3,(H2,19,23)(H2,20,21,22);1H. The first-order valence-electron chi connectivity index (χ1n) is 8.05. The molecule has 0 saturated carbocycles. The molecule has 0 fully saturated rings. The Balaban J connectivity index is 0.00000338. The summed E-state index contributed by atoms with van der Waals surface area (Å²) in [6.07, 6.45) is 0. The zero-order chi connectivity index (χ0) is 18.1. The minimum Gasteiger partial charge on any atom is -0.484 e. The van der Waals surface area contributed by atoms with Crippen molar-refractivity contribution in [1.29, 1.82) is 0 Å². The molecule has 0 spiro atoms. The number of guanidine groups is 1. The van der Waals surface area contributed by atoms with Gasteiger partial charge in [0, 0.05) is 20.1 Å². The number of amides is 1. The van der Waals surface area contributed by atoms with Crippen LogP contribution in [0.3, 0.4) is 0 Å². The van der Waals surface area contributed by atoms with Crippen LogP contribution in [-0.2, 0) is 11.3 Å². The Kier molecular flexibility index (Phi) is 10.0. The van der Waals surface area contributed by atoms with Gasteiger partial charge in [0.25, 0.3) is 5.91 Å². The monoisotopic (exact) mass is 488 g/mol. The van der Waals surface area contributed by atoms with E-state index >= 15 is 0 Å². The van der Waals surface area contributed by atoms with Gasteiger partial charge in [-0.2, -0.15) is 11.3 Å². The molecule has 0 radical (unpaired) electrons. The maximum absolute atomic E-state index is 10.8. The molecule has 1 amide bonds. The number of carbonyl (C=O) groups excluding carboxylic acids is 1. The minimum atomic E-state index is -0.493. The maximum atomic E-state index is 10.8. The molecule has 142 valence electrons. The van der Waals surface area contributed by atoms with Crippen LogP contribution in [0.15, 0.2) is 46.1 Å². The number of aliphatic imine (C=N–C) groups is 1. The maximum Gasteiger partial charge on any atom is 0.255 e. The number of carbonyl (C=O) groups is 1. The van der Waals surface area contributed by atoms with E-state index in [1.54, 1.807) is 24.5 Å². The Morgan fingerprint density at radius 3 is 2.81 bits per heavy atom. The van der Waals surface area contributed by atoms with Crippen molar-refractivity contribution in [1.82, 2.24) is 10.6 Å². The van der Waals surface area contributed by atoms with Gasteiger partial charge in [0.1, 0.15) is 5.75 Å². The van der Waals surface area contributed by atoms with Gasteiger partial charge in [0.05, 0.1) is 0 Å². The van der Waals surface area contributed by atoms with Crippen molar-refractivity contribution in [2.75, 3.05) is 20.2 Å². The van der Waals surface area contributed by atoms with Crippen molar-refractivity contribution in [2.24, 2.45) is 10.7 Å². The summed E-state index contributed by atoms with van der Waals surface area (Å²) in [5.74, 6) is 1.28. The number of nitrogens with zero attached hydrogens (tertiary/aromatic N) is 1. The highest BCUT2D eigenvalue weighted by Gasteiger charge is 2.07. The predicted octanol–water partition coefficient (Wildman–Crippen LogP) is 2.70. The molecular weight excluding hydrogens is 463 g/mol. The first kappa shape index (κ1) is 22.2. The smallest absolute Gasteiger partial charge is 0.255 e. The molecule has 2 rings (SSSR count). The zero-order valence-corrected chi connectivity index (χ0v) is 18.0. The van der Waals surface area contributed by atoms with Gasteiger partial charge in [-0.05, 0) is 46.0 Å². The number of rotatable bonds is 8. The van der Waals surface area contributed by atoms with Gasteiger partial charge in [-0.25, -0.2) is 0 Å². The number of nitrogens with two attached hydrogens (primary N) is 1. The van der Waals surface area contributed by atoms with Crippen LogP contribution in [0.4, 0.5) is 0 Å². The van der Waals surface area contributed by atoms with Gasteiger partial charge < -0.3 is 21.1 Å². The topological polar surface area (TPSA) is 88.7 Å². The van der Waals surface area contributed by atoms with Gasteiger partial charge in [-0.3, -0.25) is 9.79 Å². The summed E-state index contributed by atoms with van der Waals surface area (Å²) in [6.45, 7) is 3.46. The van der Waals surface area contributed by atoms with E-state index in [-0.39, 0.29) is 30.6 Å². The second kappa shape index (κ2) is 11.7. The van der Waals surface area contributed by atoms with Gasteiger partial charge in [0.2, 0.25) is 0 Å². The molecule has 0 bridgehead atoms. The van der Waals surface area contributed by atoms with Crippen molar-refractivity contribution >= 4 is 47.2 Å². The highest BCUT2D eigenvalue weighted by molar-refractivity contribution is 14.0. The first-order chi connectivity index (χ1) is 12.1. The lowest BCUT2D eigenvalue weighted by atomic mass is 10.1. The van der Waals surface area contributed by atoms with Crippen LogP contribution in [0.1, 0.15) is 24.0 Å². The molecule has 26 heavy (non-hydrogen) atoms. The molecule has 2 aromatic rings. The summed E-state index contributed by atoms with van der Waals surface area (Å²) >= 11 is 1.71. The number of nitrogens with one attached hydrogen (secondary N) is 2. The molecule has 0 aliphatic carbocycles. The molecular formula is C18H25IN4O2S. The Morgan fingerprint density at radius 2 is 2.15 bits per heavy atom. The van der Waals surface area contributed by atoms with Crippen LogP contribution >= 0.6 is 35.3 Å². The fourth-order valence-corrected chi connectivity index (χ4v) is 3.01. The van der Waals surface area contributed by atoms with Crippen molar-refractivity contribution in [2.45, 2.75) is 19.4 Å². The van der Waals surface area contributed by atoms with E-state index < -0.39 is 5.91 Å². The number of thiophene rings is 1. The summed E-state index contributed by atoms with van der Waals surface area (Å²) in [7, 11) is 1.75. The van der Waals surface area contributed by atoms with Crippen LogP contribution in [-0.4, -0.2) is 32.1 Å². The lowest BCUT2D eigenvalue weighted by Gasteiger charge is -2.15. The Morgan fingerprint density at radius 1 is 1.35 bits per heavy atom. The molecule has 1 heterocycles. The van der Waals surface area contributed by atoms with Gasteiger partial charge in [-0.1, -0.05) is 19.1 Å². The van der Waals surface area contributed by atoms with Crippen molar-refractivity contribution in [3.63, 3.8) is 0 Å². The fourth-order valence-electron chi connectivity index (χ4n) is 2.23. The molecule has 1 aromatic carbocycles. The van der Waals surface area contributed by atoms with Crippen molar-refractivity contribution in [3.05, 3.63) is 52.2 Å². The number of halogens is 1. The Bertz CT molecular complexity index is 707. The molecule has 0 aliphatic rings. The lowest BCUT2D eigenvalue weighted by Crippen LogP contribution is -2.38. The fraction of sp³-hybridized carbons (Fsp3) is 0.333. The average Bonchev–Trinajstić information content (AvgIpc) is 3.15. The predicted molar refractivity (Wildman–Crippen MR) is 117 cm³/mol. The summed E-state index contributed by atoms with van der Waals surface area (Å²) in [6, 6.07) is 9.66. The van der Waals surface area contributed by atoms with Crippen LogP contribution in [0.25, 0.3) is 0 Å². The summed E-state index contributed by atoms with van der Waals surface area (Å²) in [5.41, 5.74) is 7.44. The highest BCUT2D eigenvalue weighted by atomic mass is 127. The summed E-state index contributed by atoms with van der Waals surface area (Å²) in [5, 5.41) is 10.9. The molecule has 6 nitrogen and oxygen atoms in total. The molecule has 8 heteroatoms. The second-order valence-corrected chi connectivity index (χ2v) is 6.45. The third-order valence-electron chi connectivity index (χ3n) is 3.65. The third kappa shape index (κ3) is 7.61. The zero-order valence-electron chi connectivity index (χ0n) is 14.9. The van der Waals surface area contributed by atoms with E-state index in [4.69, 9.17) is 10.5 Å². The van der Waals surface area contributed by atoms with Gasteiger partial charge in [-0.15, -0.1) is 24.0 Å². The van der Waals surface area contributed by atoms with E-state index in [1.165, 1.54) is 5.56 Å². The van der Waals surface area contributed by atoms with Crippen LogP contribution in [0.2, 0.25) is 0 Å². The molecule has 1 atom stereocenters. The minimum absolute atomic E-state index is 0. The van der Waals surface area contributed by atoms with E-state index in [0.717, 1.165) is 18.1 Å². The summed E-state index contributed by atoms with van der Waals surface area (Å²) < 4.78 is 5.31. The van der Waals surface area contributed by atoms with Gasteiger partial charge in [0.15, 0.2) is 12.6 Å². The highest BCUT2D eigenvalue weighted by Crippen LogP contribution is 2.17. The molecule has 1 unspecified atom stereocenters. The quantitative estimate of drug-likeness (QED) is 0.303. The van der Waals surface area contributed by atoms with E-state index in [2.05, 4.69) is 39.4 Å². The third-order valence-corrected chi connectivity index (χ3v) is 4.35. The van der Waals surface area contributed by atoms with Crippen molar-refractivity contribution in [3.8, 4) is 5.75 Å². The van der Waals surface area contributed by atoms with E-state index in [0.29, 0.717) is 18.2 Å². The number of ether oxygens (including phenoxy) is 1. The van der Waals surface area contributed by atoms with Crippen LogP contribution in [0, 0.1) is 0 Å². The second-order valence-electron chi connectivity index (χ2n) is 5.67. The lowest BCUT2D eigenvalue weighted by molar-refractivity contribution is -0.119. The molecule has 0 saturated heterocycles. The SMILES string of the molecule is CN=C(NCc1cccc(OCC(N)=O)c1)NCC(C)c1ccsc1.I. The number of hydrogen-bond acceptors (Lipinski definition) is 4. The normalized spacial score (nSPS) is 12.0. The largest absolute Gasteiger partial charge is 0.484 e. The molecule has 4 N–H and O–H groups in total. The number of benzene rings is 1. The summed E-state index contributed by atoms with van der Waals surface area (Å²) in [4.78, 5) is 15.0. The van der Waals surface area contributed by atoms with Crippen molar-refractivity contribution < 1.29 is 9.53 Å². The van der Waals surface area contributed by atoms with E-state index in [9.17, 15) is 4.79 Å². The molecule has 0 aliphatic heterocycles. The number of hydrogen-bond donors (Lipinski definition) is 3. The Labute approximate surface area is 175 Å². The molecule has 1 aromatic heterocycles. The number of primary amides is 1. The van der Waals surface area contributed by atoms with Gasteiger partial charge >= 0.3 is 0 Å².